The van der Waals surface area contributed by atoms with E-state index in [4.69, 9.17) is 4.74 Å². The Bertz CT molecular complexity index is 348. The molecule has 0 amide bonds. The van der Waals surface area contributed by atoms with E-state index in [1.54, 1.807) is 7.11 Å². The average molecular weight is 250 g/mol. The fraction of sp³-hybridized carbons (Fsp3) is 0.733. The third-order valence-corrected chi connectivity index (χ3v) is 2.98. The Kier molecular flexibility index (Phi) is 5.64. The van der Waals surface area contributed by atoms with Crippen LogP contribution in [-0.2, 0) is 4.74 Å². The van der Waals surface area contributed by atoms with E-state index in [1.165, 1.54) is 18.4 Å². The standard InChI is InChI=1S/C15H26N2O/c1-13(2)8-9-15(3,4)12-16-17-10-6-7-14(17)11-18-5/h9,12,14H,6-7,10-11H2,1-5H3/b16-12+/t14-/m0/s1. The number of nitrogens with zero attached hydrogens (tertiary/aromatic N) is 2. The van der Waals surface area contributed by atoms with Gasteiger partial charge < -0.3 is 4.74 Å². The lowest BCUT2D eigenvalue weighted by molar-refractivity contribution is 0.118. The first-order valence-electron chi connectivity index (χ1n) is 6.66. The minimum Gasteiger partial charge on any atom is -0.382 e. The highest BCUT2D eigenvalue weighted by atomic mass is 16.5. The molecule has 3 heteroatoms. The number of rotatable bonds is 5. The van der Waals surface area contributed by atoms with Gasteiger partial charge in [0.1, 0.15) is 0 Å². The van der Waals surface area contributed by atoms with E-state index in [9.17, 15) is 0 Å². The van der Waals surface area contributed by atoms with Crippen LogP contribution < -0.4 is 0 Å². The first kappa shape index (κ1) is 15.0. The van der Waals surface area contributed by atoms with Gasteiger partial charge in [-0.05, 0) is 38.3 Å². The number of ether oxygens (including phenoxy) is 1. The first-order valence-corrected chi connectivity index (χ1v) is 6.66. The zero-order valence-electron chi connectivity index (χ0n) is 12.4. The molecule has 1 aliphatic rings. The van der Waals surface area contributed by atoms with E-state index in [0.29, 0.717) is 6.04 Å². The van der Waals surface area contributed by atoms with Gasteiger partial charge in [0.2, 0.25) is 0 Å². The zero-order valence-corrected chi connectivity index (χ0v) is 12.4. The molecule has 0 aromatic carbocycles. The molecule has 0 saturated carbocycles. The minimum absolute atomic E-state index is 0.0581. The maximum absolute atomic E-state index is 5.23. The highest BCUT2D eigenvalue weighted by molar-refractivity contribution is 5.67. The zero-order chi connectivity index (χ0) is 13.6. The molecular formula is C15H26N2O. The van der Waals surface area contributed by atoms with Crippen LogP contribution in [-0.4, -0.2) is 37.5 Å². The molecule has 1 heterocycles. The molecule has 1 fully saturated rings. The van der Waals surface area contributed by atoms with Crippen LogP contribution in [0.5, 0.6) is 0 Å². The maximum Gasteiger partial charge on any atom is 0.0704 e. The summed E-state index contributed by atoms with van der Waals surface area (Å²) in [4.78, 5) is 0. The summed E-state index contributed by atoms with van der Waals surface area (Å²) in [5.41, 5.74) is 4.39. The fourth-order valence-electron chi connectivity index (χ4n) is 1.92. The van der Waals surface area contributed by atoms with Crippen molar-refractivity contribution in [3.05, 3.63) is 17.4 Å². The van der Waals surface area contributed by atoms with E-state index in [-0.39, 0.29) is 5.41 Å². The molecule has 0 aromatic rings. The van der Waals surface area contributed by atoms with Gasteiger partial charge in [-0.1, -0.05) is 13.8 Å². The second-order valence-corrected chi connectivity index (χ2v) is 5.77. The Balaban J connectivity index is 2.65. The van der Waals surface area contributed by atoms with E-state index < -0.39 is 0 Å². The Morgan fingerprint density at radius 3 is 2.83 bits per heavy atom. The highest BCUT2D eigenvalue weighted by Gasteiger charge is 2.23. The monoisotopic (exact) mass is 250 g/mol. The molecule has 0 aliphatic carbocycles. The maximum atomic E-state index is 5.23. The number of allylic oxidation sites excluding steroid dienone is 1. The van der Waals surface area contributed by atoms with E-state index >= 15 is 0 Å². The Morgan fingerprint density at radius 2 is 2.22 bits per heavy atom. The molecule has 0 radical (unpaired) electrons. The summed E-state index contributed by atoms with van der Waals surface area (Å²) in [7, 11) is 1.75. The van der Waals surface area contributed by atoms with Crippen molar-refractivity contribution in [2.75, 3.05) is 20.3 Å². The summed E-state index contributed by atoms with van der Waals surface area (Å²) in [6.07, 6.45) is 6.47. The Hall–Kier alpha value is -1.05. The summed E-state index contributed by atoms with van der Waals surface area (Å²) >= 11 is 0. The molecule has 0 unspecified atom stereocenters. The van der Waals surface area contributed by atoms with Gasteiger partial charge in [0.15, 0.2) is 0 Å². The number of methoxy groups -OCH3 is 1. The van der Waals surface area contributed by atoms with E-state index in [2.05, 4.69) is 49.6 Å². The normalized spacial score (nSPS) is 20.3. The summed E-state index contributed by atoms with van der Waals surface area (Å²) in [5, 5.41) is 6.78. The van der Waals surface area contributed by atoms with Gasteiger partial charge >= 0.3 is 0 Å². The van der Waals surface area contributed by atoms with Gasteiger partial charge in [-0.3, -0.25) is 5.01 Å². The minimum atomic E-state index is -0.0581. The summed E-state index contributed by atoms with van der Waals surface area (Å²) < 4.78 is 5.23. The summed E-state index contributed by atoms with van der Waals surface area (Å²) in [6, 6.07) is 0.439. The molecule has 0 N–H and O–H groups in total. The lowest BCUT2D eigenvalue weighted by Crippen LogP contribution is -2.29. The SMILES string of the molecule is COC[C@@H]1CCCN1/N=C/C(C)(C)C=C=C(C)C. The lowest BCUT2D eigenvalue weighted by Gasteiger charge is -2.22. The second kappa shape index (κ2) is 6.77. The first-order chi connectivity index (χ1) is 8.44. The predicted molar refractivity (Wildman–Crippen MR) is 76.8 cm³/mol. The molecule has 0 bridgehead atoms. The Morgan fingerprint density at radius 1 is 1.50 bits per heavy atom. The molecule has 3 nitrogen and oxygen atoms in total. The predicted octanol–water partition coefficient (Wildman–Crippen LogP) is 3.23. The molecule has 1 saturated heterocycles. The van der Waals surface area contributed by atoms with Crippen LogP contribution in [0.2, 0.25) is 0 Å². The van der Waals surface area contributed by atoms with Gasteiger partial charge in [0, 0.05) is 25.3 Å². The van der Waals surface area contributed by atoms with Gasteiger partial charge in [0.25, 0.3) is 0 Å². The number of hydrazone groups is 1. The van der Waals surface area contributed by atoms with Crippen LogP contribution in [0.1, 0.15) is 40.5 Å². The van der Waals surface area contributed by atoms with Crippen molar-refractivity contribution >= 4 is 6.21 Å². The molecule has 1 aliphatic heterocycles. The second-order valence-electron chi connectivity index (χ2n) is 5.77. The van der Waals surface area contributed by atoms with E-state index in [0.717, 1.165) is 13.2 Å². The van der Waals surface area contributed by atoms with Gasteiger partial charge in [-0.25, -0.2) is 0 Å². The fourth-order valence-corrected chi connectivity index (χ4v) is 1.92. The molecular weight excluding hydrogens is 224 g/mol. The van der Waals surface area contributed by atoms with Crippen LogP contribution >= 0.6 is 0 Å². The third kappa shape index (κ3) is 5.07. The van der Waals surface area contributed by atoms with Gasteiger partial charge in [-0.2, -0.15) is 5.10 Å². The van der Waals surface area contributed by atoms with Crippen molar-refractivity contribution in [3.8, 4) is 0 Å². The average Bonchev–Trinajstić information content (AvgIpc) is 2.72. The Labute approximate surface area is 111 Å². The largest absolute Gasteiger partial charge is 0.382 e. The van der Waals surface area contributed by atoms with Crippen LogP contribution in [0.15, 0.2) is 22.5 Å². The molecule has 18 heavy (non-hydrogen) atoms. The van der Waals surface area contributed by atoms with Gasteiger partial charge in [-0.15, -0.1) is 5.73 Å². The van der Waals surface area contributed by atoms with Crippen molar-refractivity contribution in [1.82, 2.24) is 5.01 Å². The molecule has 0 spiro atoms. The van der Waals surface area contributed by atoms with Crippen LogP contribution in [0.25, 0.3) is 0 Å². The van der Waals surface area contributed by atoms with Crippen LogP contribution in [0.3, 0.4) is 0 Å². The number of hydrogen-bond acceptors (Lipinski definition) is 3. The van der Waals surface area contributed by atoms with Crippen LogP contribution in [0.4, 0.5) is 0 Å². The van der Waals surface area contributed by atoms with Crippen molar-refractivity contribution in [1.29, 1.82) is 0 Å². The van der Waals surface area contributed by atoms with Gasteiger partial charge in [0.05, 0.1) is 12.6 Å². The quantitative estimate of drug-likeness (QED) is 0.553. The van der Waals surface area contributed by atoms with E-state index in [1.807, 2.05) is 6.21 Å². The van der Waals surface area contributed by atoms with Crippen molar-refractivity contribution in [2.45, 2.75) is 46.6 Å². The number of hydrogen-bond donors (Lipinski definition) is 0. The smallest absolute Gasteiger partial charge is 0.0704 e. The molecule has 0 aromatic heterocycles. The molecule has 1 atom stereocenters. The van der Waals surface area contributed by atoms with Crippen molar-refractivity contribution in [2.24, 2.45) is 10.5 Å². The summed E-state index contributed by atoms with van der Waals surface area (Å²) in [6.45, 7) is 10.2. The topological polar surface area (TPSA) is 24.8 Å². The third-order valence-electron chi connectivity index (χ3n) is 2.98. The molecule has 1 rings (SSSR count). The molecule has 102 valence electrons. The lowest BCUT2D eigenvalue weighted by atomic mass is 9.95. The van der Waals surface area contributed by atoms with Crippen LogP contribution in [0, 0.1) is 5.41 Å². The van der Waals surface area contributed by atoms with Crippen molar-refractivity contribution < 1.29 is 4.74 Å². The highest BCUT2D eigenvalue weighted by Crippen LogP contribution is 2.19. The summed E-state index contributed by atoms with van der Waals surface area (Å²) in [5.74, 6) is 0. The van der Waals surface area contributed by atoms with Crippen molar-refractivity contribution in [3.63, 3.8) is 0 Å².